The molecule has 0 saturated heterocycles. The van der Waals surface area contributed by atoms with E-state index in [-0.39, 0.29) is 0 Å². The van der Waals surface area contributed by atoms with Crippen LogP contribution in [0.15, 0.2) is 0 Å². The summed E-state index contributed by atoms with van der Waals surface area (Å²) in [6.07, 6.45) is 5.62. The van der Waals surface area contributed by atoms with Crippen molar-refractivity contribution in [3.63, 3.8) is 0 Å². The molecule has 0 aromatic heterocycles. The van der Waals surface area contributed by atoms with Gasteiger partial charge in [0.1, 0.15) is 0 Å². The first-order valence-corrected chi connectivity index (χ1v) is 3.92. The SMILES string of the molecule is CO[C@H]1CCC[C@H](OC)C1. The van der Waals surface area contributed by atoms with Gasteiger partial charge in [-0.3, -0.25) is 0 Å². The summed E-state index contributed by atoms with van der Waals surface area (Å²) in [6.45, 7) is 0. The molecule has 2 heteroatoms. The van der Waals surface area contributed by atoms with Crippen molar-refractivity contribution in [2.45, 2.75) is 37.9 Å². The summed E-state index contributed by atoms with van der Waals surface area (Å²) in [4.78, 5) is 0. The van der Waals surface area contributed by atoms with Gasteiger partial charge in [0.05, 0.1) is 12.2 Å². The predicted molar refractivity (Wildman–Crippen MR) is 40.1 cm³/mol. The van der Waals surface area contributed by atoms with Gasteiger partial charge in [0, 0.05) is 14.2 Å². The Morgan fingerprint density at radius 3 is 1.90 bits per heavy atom. The monoisotopic (exact) mass is 144 g/mol. The van der Waals surface area contributed by atoms with Crippen LogP contribution in [0.2, 0.25) is 0 Å². The second kappa shape index (κ2) is 3.94. The van der Waals surface area contributed by atoms with Gasteiger partial charge in [-0.15, -0.1) is 0 Å². The third kappa shape index (κ3) is 1.96. The molecule has 60 valence electrons. The lowest BCUT2D eigenvalue weighted by molar-refractivity contribution is -0.00924. The van der Waals surface area contributed by atoms with Crippen LogP contribution in [0.3, 0.4) is 0 Å². The summed E-state index contributed by atoms with van der Waals surface area (Å²) in [5, 5.41) is 0. The highest BCUT2D eigenvalue weighted by atomic mass is 16.5. The van der Waals surface area contributed by atoms with Crippen LogP contribution in [0, 0.1) is 0 Å². The number of ether oxygens (including phenoxy) is 2. The second-order valence-corrected chi connectivity index (χ2v) is 2.88. The highest BCUT2D eigenvalue weighted by Crippen LogP contribution is 2.22. The van der Waals surface area contributed by atoms with Gasteiger partial charge in [0.15, 0.2) is 0 Å². The van der Waals surface area contributed by atoms with Gasteiger partial charge in [-0.1, -0.05) is 0 Å². The lowest BCUT2D eigenvalue weighted by Crippen LogP contribution is -2.26. The van der Waals surface area contributed by atoms with Crippen molar-refractivity contribution in [3.05, 3.63) is 0 Å². The summed E-state index contributed by atoms with van der Waals surface area (Å²) in [6, 6.07) is 0. The summed E-state index contributed by atoms with van der Waals surface area (Å²) < 4.78 is 10.5. The van der Waals surface area contributed by atoms with E-state index in [1.807, 2.05) is 0 Å². The molecule has 0 aliphatic heterocycles. The summed E-state index contributed by atoms with van der Waals surface area (Å²) in [5.41, 5.74) is 0. The average Bonchev–Trinajstić information content (AvgIpc) is 2.05. The maximum Gasteiger partial charge on any atom is 0.0596 e. The first-order chi connectivity index (χ1) is 4.86. The minimum atomic E-state index is 0.443. The van der Waals surface area contributed by atoms with E-state index < -0.39 is 0 Å². The van der Waals surface area contributed by atoms with Crippen molar-refractivity contribution < 1.29 is 9.47 Å². The van der Waals surface area contributed by atoms with Crippen LogP contribution in [-0.4, -0.2) is 26.4 Å². The molecule has 0 unspecified atom stereocenters. The van der Waals surface area contributed by atoms with Gasteiger partial charge in [0.25, 0.3) is 0 Å². The summed E-state index contributed by atoms with van der Waals surface area (Å²) in [5.74, 6) is 0. The number of hydrogen-bond donors (Lipinski definition) is 0. The van der Waals surface area contributed by atoms with Gasteiger partial charge < -0.3 is 9.47 Å². The highest BCUT2D eigenvalue weighted by Gasteiger charge is 2.20. The van der Waals surface area contributed by atoms with Crippen LogP contribution in [-0.2, 0) is 9.47 Å². The smallest absolute Gasteiger partial charge is 0.0596 e. The van der Waals surface area contributed by atoms with E-state index in [0.29, 0.717) is 12.2 Å². The summed E-state index contributed by atoms with van der Waals surface area (Å²) >= 11 is 0. The second-order valence-electron chi connectivity index (χ2n) is 2.88. The Kier molecular flexibility index (Phi) is 3.16. The Morgan fingerprint density at radius 1 is 1.00 bits per heavy atom. The van der Waals surface area contributed by atoms with Crippen molar-refractivity contribution in [1.29, 1.82) is 0 Å². The molecule has 1 rings (SSSR count). The Bertz CT molecular complexity index is 83.3. The van der Waals surface area contributed by atoms with Crippen LogP contribution < -0.4 is 0 Å². The molecule has 2 atom stereocenters. The molecule has 10 heavy (non-hydrogen) atoms. The van der Waals surface area contributed by atoms with E-state index >= 15 is 0 Å². The third-order valence-corrected chi connectivity index (χ3v) is 2.24. The molecule has 1 fully saturated rings. The van der Waals surface area contributed by atoms with Gasteiger partial charge in [-0.25, -0.2) is 0 Å². The van der Waals surface area contributed by atoms with Gasteiger partial charge in [-0.05, 0) is 25.7 Å². The Labute approximate surface area is 62.5 Å². The van der Waals surface area contributed by atoms with Gasteiger partial charge in [0.2, 0.25) is 0 Å². The largest absolute Gasteiger partial charge is 0.381 e. The fourth-order valence-corrected chi connectivity index (χ4v) is 1.53. The normalized spacial score (nSPS) is 34.2. The Morgan fingerprint density at radius 2 is 1.50 bits per heavy atom. The van der Waals surface area contributed by atoms with E-state index in [1.165, 1.54) is 19.3 Å². The first-order valence-electron chi connectivity index (χ1n) is 3.92. The standard InChI is InChI=1S/C8H16O2/c1-9-7-4-3-5-8(6-7)10-2/h7-8H,3-6H2,1-2H3/t7-,8-/m0/s1. The lowest BCUT2D eigenvalue weighted by Gasteiger charge is -2.26. The molecule has 0 radical (unpaired) electrons. The Balaban J connectivity index is 2.25. The quantitative estimate of drug-likeness (QED) is 0.586. The molecular weight excluding hydrogens is 128 g/mol. The molecule has 0 heterocycles. The van der Waals surface area contributed by atoms with Crippen molar-refractivity contribution >= 4 is 0 Å². The minimum Gasteiger partial charge on any atom is -0.381 e. The van der Waals surface area contributed by atoms with Crippen LogP contribution in [0.5, 0.6) is 0 Å². The Hall–Kier alpha value is -0.0800. The van der Waals surface area contributed by atoms with Gasteiger partial charge in [-0.2, -0.15) is 0 Å². The molecule has 0 aromatic carbocycles. The molecule has 0 spiro atoms. The zero-order valence-electron chi connectivity index (χ0n) is 6.80. The lowest BCUT2D eigenvalue weighted by atomic mass is 9.95. The van der Waals surface area contributed by atoms with E-state index in [2.05, 4.69) is 0 Å². The minimum absolute atomic E-state index is 0.443. The van der Waals surface area contributed by atoms with Gasteiger partial charge >= 0.3 is 0 Å². The number of hydrogen-bond acceptors (Lipinski definition) is 2. The number of rotatable bonds is 2. The van der Waals surface area contributed by atoms with E-state index in [4.69, 9.17) is 9.47 Å². The van der Waals surface area contributed by atoms with E-state index in [1.54, 1.807) is 14.2 Å². The molecule has 0 bridgehead atoms. The molecule has 1 saturated carbocycles. The highest BCUT2D eigenvalue weighted by molar-refractivity contribution is 4.72. The molecular formula is C8H16O2. The maximum absolute atomic E-state index is 5.24. The number of methoxy groups -OCH3 is 2. The van der Waals surface area contributed by atoms with E-state index in [9.17, 15) is 0 Å². The molecule has 0 amide bonds. The zero-order chi connectivity index (χ0) is 7.40. The summed E-state index contributed by atoms with van der Waals surface area (Å²) in [7, 11) is 3.56. The van der Waals surface area contributed by atoms with Crippen LogP contribution >= 0.6 is 0 Å². The third-order valence-electron chi connectivity index (χ3n) is 2.24. The molecule has 2 nitrogen and oxygen atoms in total. The predicted octanol–water partition coefficient (Wildman–Crippen LogP) is 1.59. The molecule has 0 aromatic rings. The topological polar surface area (TPSA) is 18.5 Å². The van der Waals surface area contributed by atoms with Crippen molar-refractivity contribution in [1.82, 2.24) is 0 Å². The van der Waals surface area contributed by atoms with Crippen molar-refractivity contribution in [3.8, 4) is 0 Å². The fourth-order valence-electron chi connectivity index (χ4n) is 1.53. The van der Waals surface area contributed by atoms with Crippen LogP contribution in [0.4, 0.5) is 0 Å². The average molecular weight is 144 g/mol. The molecule has 1 aliphatic rings. The van der Waals surface area contributed by atoms with Crippen molar-refractivity contribution in [2.75, 3.05) is 14.2 Å². The molecule has 1 aliphatic carbocycles. The van der Waals surface area contributed by atoms with Crippen LogP contribution in [0.25, 0.3) is 0 Å². The van der Waals surface area contributed by atoms with E-state index in [0.717, 1.165) is 6.42 Å². The first kappa shape index (κ1) is 8.02. The maximum atomic E-state index is 5.24. The van der Waals surface area contributed by atoms with Crippen LogP contribution in [0.1, 0.15) is 25.7 Å². The molecule has 0 N–H and O–H groups in total. The van der Waals surface area contributed by atoms with Crippen molar-refractivity contribution in [2.24, 2.45) is 0 Å². The zero-order valence-corrected chi connectivity index (χ0v) is 6.80. The fraction of sp³-hybridized carbons (Fsp3) is 1.00.